The largest absolute Gasteiger partial charge is 0.290 e. The van der Waals surface area contributed by atoms with Gasteiger partial charge in [0.05, 0.1) is 11.3 Å². The van der Waals surface area contributed by atoms with Crippen LogP contribution in [0.15, 0.2) is 48.5 Å². The fourth-order valence-corrected chi connectivity index (χ4v) is 3.46. The van der Waals surface area contributed by atoms with Gasteiger partial charge in [-0.25, -0.2) is 13.5 Å². The molecular formula is C21H18F2N4O2. The molecule has 1 aromatic heterocycles. The van der Waals surface area contributed by atoms with E-state index in [4.69, 9.17) is 0 Å². The molecule has 8 heteroatoms. The summed E-state index contributed by atoms with van der Waals surface area (Å²) in [6.07, 6.45) is 3.31. The molecule has 0 saturated carbocycles. The van der Waals surface area contributed by atoms with Crippen LogP contribution in [0.3, 0.4) is 0 Å². The monoisotopic (exact) mass is 396 g/mol. The predicted octanol–water partition coefficient (Wildman–Crippen LogP) is 3.10. The lowest BCUT2D eigenvalue weighted by molar-refractivity contribution is 0.0840. The number of aromatic nitrogens is 2. The average Bonchev–Trinajstić information content (AvgIpc) is 3.12. The Morgan fingerprint density at radius 1 is 0.897 bits per heavy atom. The second kappa shape index (κ2) is 7.83. The molecule has 0 fully saturated rings. The predicted molar refractivity (Wildman–Crippen MR) is 101 cm³/mol. The summed E-state index contributed by atoms with van der Waals surface area (Å²) < 4.78 is 28.6. The van der Waals surface area contributed by atoms with Crippen LogP contribution in [0.5, 0.6) is 0 Å². The van der Waals surface area contributed by atoms with Crippen LogP contribution >= 0.6 is 0 Å². The molecule has 0 radical (unpaired) electrons. The van der Waals surface area contributed by atoms with Crippen molar-refractivity contribution in [2.24, 2.45) is 0 Å². The van der Waals surface area contributed by atoms with Crippen molar-refractivity contribution in [2.45, 2.75) is 25.7 Å². The number of fused-ring (bicyclic) bond motifs is 1. The first-order valence-electron chi connectivity index (χ1n) is 9.26. The van der Waals surface area contributed by atoms with E-state index in [2.05, 4.69) is 16.0 Å². The minimum Gasteiger partial charge on any atom is -0.267 e. The van der Waals surface area contributed by atoms with Gasteiger partial charge < -0.3 is 0 Å². The molecule has 148 valence electrons. The number of halogens is 2. The highest BCUT2D eigenvalue weighted by Crippen LogP contribution is 2.27. The fourth-order valence-electron chi connectivity index (χ4n) is 3.46. The molecular weight excluding hydrogens is 378 g/mol. The van der Waals surface area contributed by atoms with Crippen LogP contribution < -0.4 is 10.9 Å². The Hall–Kier alpha value is -3.55. The molecule has 4 rings (SSSR count). The average molecular weight is 396 g/mol. The molecule has 3 aromatic rings. The van der Waals surface area contributed by atoms with Gasteiger partial charge in [-0.1, -0.05) is 12.1 Å². The highest BCUT2D eigenvalue weighted by molar-refractivity contribution is 5.99. The van der Waals surface area contributed by atoms with Gasteiger partial charge in [0.25, 0.3) is 11.8 Å². The van der Waals surface area contributed by atoms with E-state index < -0.39 is 17.6 Å². The summed E-state index contributed by atoms with van der Waals surface area (Å²) in [7, 11) is 0. The van der Waals surface area contributed by atoms with Crippen molar-refractivity contribution in [1.29, 1.82) is 0 Å². The topological polar surface area (TPSA) is 76.0 Å². The number of amides is 2. The van der Waals surface area contributed by atoms with Crippen molar-refractivity contribution in [2.75, 3.05) is 0 Å². The lowest BCUT2D eigenvalue weighted by atomic mass is 9.95. The number of carbonyl (C=O) groups is 2. The number of hydrazine groups is 1. The molecule has 1 aliphatic carbocycles. The maximum atomic E-state index is 13.7. The number of hydrogen-bond acceptors (Lipinski definition) is 3. The molecule has 0 saturated heterocycles. The van der Waals surface area contributed by atoms with Crippen LogP contribution in [0, 0.1) is 11.6 Å². The Labute approximate surface area is 165 Å². The van der Waals surface area contributed by atoms with Crippen LogP contribution in [0.25, 0.3) is 5.69 Å². The van der Waals surface area contributed by atoms with Crippen LogP contribution in [-0.4, -0.2) is 21.6 Å². The van der Waals surface area contributed by atoms with Gasteiger partial charge in [-0.15, -0.1) is 0 Å². The van der Waals surface area contributed by atoms with Crippen LogP contribution in [0.4, 0.5) is 8.78 Å². The maximum absolute atomic E-state index is 13.7. The van der Waals surface area contributed by atoms with Crippen molar-refractivity contribution >= 4 is 11.8 Å². The second-order valence-electron chi connectivity index (χ2n) is 6.76. The number of rotatable bonds is 3. The van der Waals surface area contributed by atoms with E-state index in [1.165, 1.54) is 30.3 Å². The number of hydrogen-bond donors (Lipinski definition) is 2. The van der Waals surface area contributed by atoms with Gasteiger partial charge in [-0.3, -0.25) is 20.4 Å². The summed E-state index contributed by atoms with van der Waals surface area (Å²) in [5.41, 5.74) is 6.90. The first kappa shape index (κ1) is 18.8. The Kier molecular flexibility index (Phi) is 5.07. The Balaban J connectivity index is 1.58. The number of benzene rings is 2. The maximum Gasteiger partial charge on any atom is 0.290 e. The first-order chi connectivity index (χ1) is 14.0. The first-order valence-corrected chi connectivity index (χ1v) is 9.26. The molecule has 0 bridgehead atoms. The van der Waals surface area contributed by atoms with Crippen molar-refractivity contribution in [3.63, 3.8) is 0 Å². The highest BCUT2D eigenvalue weighted by Gasteiger charge is 2.26. The highest BCUT2D eigenvalue weighted by atomic mass is 19.1. The van der Waals surface area contributed by atoms with E-state index in [0.29, 0.717) is 12.1 Å². The third-order valence-corrected chi connectivity index (χ3v) is 4.87. The van der Waals surface area contributed by atoms with Gasteiger partial charge in [0, 0.05) is 11.3 Å². The summed E-state index contributed by atoms with van der Waals surface area (Å²) in [5, 5.41) is 4.42. The minimum absolute atomic E-state index is 0.174. The standard InChI is InChI=1S/C21H18F2N4O2/c22-13-9-11-14(12-10-13)27-18-8-4-2-6-16(18)19(26-27)21(29)25-24-20(28)15-5-1-3-7-17(15)23/h1,3,5,7,9-12H,2,4,6,8H2,(H,24,28)(H,25,29). The van der Waals surface area contributed by atoms with Crippen LogP contribution in [0.2, 0.25) is 0 Å². The summed E-state index contributed by atoms with van der Waals surface area (Å²) in [5.74, 6) is -2.39. The van der Waals surface area contributed by atoms with E-state index in [1.807, 2.05) is 0 Å². The second-order valence-corrected chi connectivity index (χ2v) is 6.76. The quantitative estimate of drug-likeness (QED) is 0.668. The van der Waals surface area contributed by atoms with Gasteiger partial charge in [0.15, 0.2) is 5.69 Å². The molecule has 1 heterocycles. The molecule has 2 aromatic carbocycles. The van der Waals surface area contributed by atoms with E-state index in [0.717, 1.165) is 36.6 Å². The number of nitrogens with one attached hydrogen (secondary N) is 2. The zero-order valence-corrected chi connectivity index (χ0v) is 15.4. The zero-order chi connectivity index (χ0) is 20.4. The molecule has 6 nitrogen and oxygen atoms in total. The third-order valence-electron chi connectivity index (χ3n) is 4.87. The van der Waals surface area contributed by atoms with Gasteiger partial charge >= 0.3 is 0 Å². The fraction of sp³-hybridized carbons (Fsp3) is 0.190. The lowest BCUT2D eigenvalue weighted by Crippen LogP contribution is -2.42. The molecule has 0 aliphatic heterocycles. The van der Waals surface area contributed by atoms with Gasteiger partial charge in [-0.05, 0) is 62.1 Å². The Morgan fingerprint density at radius 3 is 2.34 bits per heavy atom. The van der Waals surface area contributed by atoms with Gasteiger partial charge in [0.1, 0.15) is 11.6 Å². The van der Waals surface area contributed by atoms with Crippen molar-refractivity contribution in [1.82, 2.24) is 20.6 Å². The van der Waals surface area contributed by atoms with Gasteiger partial charge in [0.2, 0.25) is 0 Å². The molecule has 1 aliphatic rings. The van der Waals surface area contributed by atoms with E-state index in [9.17, 15) is 18.4 Å². The smallest absolute Gasteiger partial charge is 0.267 e. The molecule has 0 atom stereocenters. The minimum atomic E-state index is -0.761. The molecule has 29 heavy (non-hydrogen) atoms. The number of nitrogens with zero attached hydrogens (tertiary/aromatic N) is 2. The molecule has 2 amide bonds. The van der Waals surface area contributed by atoms with E-state index in [-0.39, 0.29) is 17.1 Å². The summed E-state index contributed by atoms with van der Waals surface area (Å²) in [4.78, 5) is 24.8. The molecule has 0 spiro atoms. The summed E-state index contributed by atoms with van der Waals surface area (Å²) in [6, 6.07) is 11.3. The summed E-state index contributed by atoms with van der Waals surface area (Å²) >= 11 is 0. The lowest BCUT2D eigenvalue weighted by Gasteiger charge is -2.14. The summed E-state index contributed by atoms with van der Waals surface area (Å²) in [6.45, 7) is 0. The molecule has 0 unspecified atom stereocenters. The normalized spacial score (nSPS) is 12.9. The van der Waals surface area contributed by atoms with Crippen LogP contribution in [0.1, 0.15) is 44.9 Å². The van der Waals surface area contributed by atoms with Crippen molar-refractivity contribution < 1.29 is 18.4 Å². The molecule has 2 N–H and O–H groups in total. The third kappa shape index (κ3) is 3.73. The Bertz CT molecular complexity index is 1080. The van der Waals surface area contributed by atoms with Crippen LogP contribution in [-0.2, 0) is 12.8 Å². The van der Waals surface area contributed by atoms with E-state index in [1.54, 1.807) is 16.8 Å². The van der Waals surface area contributed by atoms with Gasteiger partial charge in [-0.2, -0.15) is 5.10 Å². The number of carbonyl (C=O) groups excluding carboxylic acids is 2. The SMILES string of the molecule is O=C(NNC(=O)c1nn(-c2ccc(F)cc2)c2c1CCCC2)c1ccccc1F. The van der Waals surface area contributed by atoms with Crippen molar-refractivity contribution in [3.05, 3.63) is 82.7 Å². The zero-order valence-electron chi connectivity index (χ0n) is 15.4. The van der Waals surface area contributed by atoms with E-state index >= 15 is 0 Å². The Morgan fingerprint density at radius 2 is 1.59 bits per heavy atom. The van der Waals surface area contributed by atoms with Crippen molar-refractivity contribution in [3.8, 4) is 5.69 Å².